The number of amides is 1. The van der Waals surface area contributed by atoms with Gasteiger partial charge >= 0.3 is 0 Å². The normalized spacial score (nSPS) is 16.7. The van der Waals surface area contributed by atoms with E-state index in [-0.39, 0.29) is 17.9 Å². The highest BCUT2D eigenvalue weighted by atomic mass is 16.5. The Kier molecular flexibility index (Phi) is 4.92. The number of aromatic nitrogens is 4. The topological polar surface area (TPSA) is 77.0 Å². The molecule has 7 heteroatoms. The first kappa shape index (κ1) is 17.7. The van der Waals surface area contributed by atoms with Gasteiger partial charge in [-0.3, -0.25) is 4.79 Å². The van der Waals surface area contributed by atoms with E-state index in [9.17, 15) is 4.79 Å². The van der Waals surface area contributed by atoms with Gasteiger partial charge in [0, 0.05) is 25.4 Å². The monoisotopic (exact) mass is 367 g/mol. The Bertz CT molecular complexity index is 910. The molecule has 1 aromatic carbocycles. The van der Waals surface area contributed by atoms with E-state index in [2.05, 4.69) is 34.6 Å². The van der Waals surface area contributed by atoms with Crippen LogP contribution in [0.2, 0.25) is 0 Å². The fraction of sp³-hybridized carbons (Fsp3) is 0.500. The lowest BCUT2D eigenvalue weighted by Crippen LogP contribution is -2.42. The van der Waals surface area contributed by atoms with E-state index in [0.717, 1.165) is 61.5 Å². The molecular weight excluding hydrogens is 342 g/mol. The quantitative estimate of drug-likeness (QED) is 0.691. The van der Waals surface area contributed by atoms with Crippen LogP contribution in [0.1, 0.15) is 56.7 Å². The third kappa shape index (κ3) is 3.22. The molecule has 1 amide bonds. The summed E-state index contributed by atoms with van der Waals surface area (Å²) < 4.78 is 7.00. The molecule has 27 heavy (non-hydrogen) atoms. The molecule has 0 spiro atoms. The van der Waals surface area contributed by atoms with Crippen LogP contribution in [-0.2, 0) is 11.2 Å². The predicted molar refractivity (Wildman–Crippen MR) is 101 cm³/mol. The van der Waals surface area contributed by atoms with Gasteiger partial charge in [-0.15, -0.1) is 0 Å². The number of aryl methyl sites for hydroxylation is 1. The molecule has 4 rings (SSSR count). The number of para-hydroxylation sites is 2. The number of benzene rings is 1. The molecule has 0 unspecified atom stereocenters. The highest BCUT2D eigenvalue weighted by molar-refractivity contribution is 5.84. The number of piperidine rings is 1. The fourth-order valence-corrected chi connectivity index (χ4v) is 4.09. The fourth-order valence-electron chi connectivity index (χ4n) is 4.09. The van der Waals surface area contributed by atoms with Gasteiger partial charge in [-0.25, -0.2) is 4.98 Å². The van der Waals surface area contributed by atoms with Crippen molar-refractivity contribution in [3.63, 3.8) is 0 Å². The van der Waals surface area contributed by atoms with Crippen molar-refractivity contribution in [2.45, 2.75) is 51.5 Å². The average Bonchev–Trinajstić information content (AvgIpc) is 3.37. The van der Waals surface area contributed by atoms with E-state index in [4.69, 9.17) is 9.51 Å². The number of nitrogens with zero attached hydrogens (tertiary/aromatic N) is 5. The molecule has 0 saturated carbocycles. The van der Waals surface area contributed by atoms with Gasteiger partial charge in [-0.05, 0) is 31.4 Å². The second-order valence-electron chi connectivity index (χ2n) is 7.05. The van der Waals surface area contributed by atoms with Crippen LogP contribution >= 0.6 is 0 Å². The minimum atomic E-state index is -0.214. The van der Waals surface area contributed by atoms with Crippen molar-refractivity contribution in [1.82, 2.24) is 24.6 Å². The molecule has 1 saturated heterocycles. The lowest BCUT2D eigenvalue weighted by molar-refractivity contribution is -0.136. The van der Waals surface area contributed by atoms with Gasteiger partial charge in [0.1, 0.15) is 11.9 Å². The van der Waals surface area contributed by atoms with Crippen LogP contribution in [-0.4, -0.2) is 43.6 Å². The maximum absolute atomic E-state index is 13.4. The summed E-state index contributed by atoms with van der Waals surface area (Å²) in [6.07, 6.45) is 4.66. The van der Waals surface area contributed by atoms with Crippen LogP contribution in [0.3, 0.4) is 0 Å². The molecule has 0 aliphatic carbocycles. The number of rotatable bonds is 5. The Labute approximate surface area is 158 Å². The SMILES string of the molecule is CCc1nc2ccccc2n1[C@H](CC)C(=O)N1CCC(c2ncon2)CC1. The first-order valence-electron chi connectivity index (χ1n) is 9.73. The van der Waals surface area contributed by atoms with Crippen LogP contribution in [0, 0.1) is 0 Å². The molecule has 7 nitrogen and oxygen atoms in total. The Morgan fingerprint density at radius 2 is 2.04 bits per heavy atom. The summed E-state index contributed by atoms with van der Waals surface area (Å²) in [6, 6.07) is 7.85. The third-order valence-corrected chi connectivity index (χ3v) is 5.52. The summed E-state index contributed by atoms with van der Waals surface area (Å²) in [4.78, 5) is 24.2. The smallest absolute Gasteiger partial charge is 0.245 e. The highest BCUT2D eigenvalue weighted by Crippen LogP contribution is 2.29. The van der Waals surface area contributed by atoms with Crippen molar-refractivity contribution in [3.8, 4) is 0 Å². The van der Waals surface area contributed by atoms with E-state index in [1.165, 1.54) is 6.39 Å². The number of carbonyl (C=O) groups excluding carboxylic acids is 1. The molecule has 1 atom stereocenters. The van der Waals surface area contributed by atoms with Crippen LogP contribution < -0.4 is 0 Å². The van der Waals surface area contributed by atoms with Crippen LogP contribution in [0.25, 0.3) is 11.0 Å². The summed E-state index contributed by atoms with van der Waals surface area (Å²) in [7, 11) is 0. The Balaban J connectivity index is 1.56. The molecule has 2 aromatic heterocycles. The minimum absolute atomic E-state index is 0.182. The predicted octanol–water partition coefficient (Wildman–Crippen LogP) is 3.34. The maximum Gasteiger partial charge on any atom is 0.245 e. The average molecular weight is 367 g/mol. The van der Waals surface area contributed by atoms with Crippen molar-refractivity contribution in [1.29, 1.82) is 0 Å². The molecule has 1 fully saturated rings. The first-order valence-corrected chi connectivity index (χ1v) is 9.73. The number of hydrogen-bond donors (Lipinski definition) is 0. The van der Waals surface area contributed by atoms with Gasteiger partial charge in [0.05, 0.1) is 11.0 Å². The van der Waals surface area contributed by atoms with Crippen molar-refractivity contribution in [3.05, 3.63) is 42.3 Å². The zero-order valence-corrected chi connectivity index (χ0v) is 15.8. The lowest BCUT2D eigenvalue weighted by atomic mass is 9.95. The molecule has 1 aliphatic heterocycles. The summed E-state index contributed by atoms with van der Waals surface area (Å²) in [5.41, 5.74) is 1.99. The second-order valence-corrected chi connectivity index (χ2v) is 7.05. The van der Waals surface area contributed by atoms with Gasteiger partial charge in [0.2, 0.25) is 12.3 Å². The summed E-state index contributed by atoms with van der Waals surface area (Å²) in [5.74, 6) is 2.18. The van der Waals surface area contributed by atoms with E-state index in [1.807, 2.05) is 23.1 Å². The molecule has 0 radical (unpaired) electrons. The van der Waals surface area contributed by atoms with E-state index >= 15 is 0 Å². The van der Waals surface area contributed by atoms with Gasteiger partial charge in [-0.2, -0.15) is 4.98 Å². The summed E-state index contributed by atoms with van der Waals surface area (Å²) in [5, 5.41) is 3.96. The number of imidazole rings is 1. The number of hydrogen-bond acceptors (Lipinski definition) is 5. The number of carbonyl (C=O) groups is 1. The molecule has 3 aromatic rings. The highest BCUT2D eigenvalue weighted by Gasteiger charge is 2.31. The van der Waals surface area contributed by atoms with Crippen LogP contribution in [0.15, 0.2) is 35.2 Å². The first-order chi connectivity index (χ1) is 13.2. The van der Waals surface area contributed by atoms with Gasteiger partial charge in [0.25, 0.3) is 0 Å². The number of likely N-dealkylation sites (tertiary alicyclic amines) is 1. The zero-order valence-electron chi connectivity index (χ0n) is 15.8. The Morgan fingerprint density at radius 1 is 1.26 bits per heavy atom. The standard InChI is InChI=1S/C20H25N5O2/c1-3-16(25-17-8-6-5-7-15(17)22-18(25)4-2)20(26)24-11-9-14(10-12-24)19-21-13-27-23-19/h5-8,13-14,16H,3-4,9-12H2,1-2H3/t16-/m1/s1. The van der Waals surface area contributed by atoms with Crippen molar-refractivity contribution in [2.24, 2.45) is 0 Å². The molecule has 3 heterocycles. The molecule has 0 N–H and O–H groups in total. The minimum Gasteiger partial charge on any atom is -0.343 e. The molecule has 142 valence electrons. The molecule has 0 bridgehead atoms. The van der Waals surface area contributed by atoms with Crippen LogP contribution in [0.5, 0.6) is 0 Å². The zero-order chi connectivity index (χ0) is 18.8. The Hall–Kier alpha value is -2.70. The van der Waals surface area contributed by atoms with Gasteiger partial charge in [0.15, 0.2) is 5.82 Å². The Morgan fingerprint density at radius 3 is 2.70 bits per heavy atom. The summed E-state index contributed by atoms with van der Waals surface area (Å²) in [6.45, 7) is 5.61. The van der Waals surface area contributed by atoms with Gasteiger partial charge < -0.3 is 14.0 Å². The van der Waals surface area contributed by atoms with Crippen molar-refractivity contribution < 1.29 is 9.32 Å². The van der Waals surface area contributed by atoms with Crippen molar-refractivity contribution in [2.75, 3.05) is 13.1 Å². The van der Waals surface area contributed by atoms with Crippen LogP contribution in [0.4, 0.5) is 0 Å². The maximum atomic E-state index is 13.4. The number of fused-ring (bicyclic) bond motifs is 1. The lowest BCUT2D eigenvalue weighted by Gasteiger charge is -2.34. The summed E-state index contributed by atoms with van der Waals surface area (Å²) >= 11 is 0. The second kappa shape index (κ2) is 7.50. The third-order valence-electron chi connectivity index (χ3n) is 5.52. The van der Waals surface area contributed by atoms with Crippen molar-refractivity contribution >= 4 is 16.9 Å². The van der Waals surface area contributed by atoms with E-state index < -0.39 is 0 Å². The van der Waals surface area contributed by atoms with Gasteiger partial charge in [-0.1, -0.05) is 31.1 Å². The largest absolute Gasteiger partial charge is 0.343 e. The molecule has 1 aliphatic rings. The molecular formula is C20H25N5O2. The van der Waals surface area contributed by atoms with E-state index in [1.54, 1.807) is 0 Å². The van der Waals surface area contributed by atoms with E-state index in [0.29, 0.717) is 0 Å².